The van der Waals surface area contributed by atoms with E-state index >= 15 is 0 Å². The molecule has 454 valence electrons. The van der Waals surface area contributed by atoms with Crippen LogP contribution in [0, 0.1) is 0 Å². The second kappa shape index (κ2) is 59.5. The number of quaternary nitrogens is 1. The monoisotopic (exact) mass is 1120 g/mol. The summed E-state index contributed by atoms with van der Waals surface area (Å²) in [4.78, 5) is 23.4. The molecule has 0 heterocycles. The van der Waals surface area contributed by atoms with Crippen LogP contribution in [-0.4, -0.2) is 73.4 Å². The third-order valence-electron chi connectivity index (χ3n) is 14.0. The Hall–Kier alpha value is -3.10. The molecule has 0 radical (unpaired) electrons. The lowest BCUT2D eigenvalue weighted by Gasteiger charge is -2.26. The highest BCUT2D eigenvalue weighted by Crippen LogP contribution is 2.43. The number of carbonyl (C=O) groups excluding carboxylic acids is 1. The number of phosphoric acid groups is 1. The molecule has 0 rings (SSSR count). The van der Waals surface area contributed by atoms with Gasteiger partial charge >= 0.3 is 7.82 Å². The van der Waals surface area contributed by atoms with Crippen molar-refractivity contribution in [3.05, 3.63) is 122 Å². The molecule has 0 aromatic rings. The topological polar surface area (TPSA) is 105 Å². The summed E-state index contributed by atoms with van der Waals surface area (Å²) in [5, 5.41) is 14.1. The molecule has 0 aliphatic heterocycles. The number of unbranched alkanes of at least 4 members (excludes halogenated alkanes) is 25. The van der Waals surface area contributed by atoms with Crippen molar-refractivity contribution < 1.29 is 32.9 Å². The van der Waals surface area contributed by atoms with Crippen molar-refractivity contribution in [2.75, 3.05) is 40.9 Å². The van der Waals surface area contributed by atoms with E-state index in [1.165, 1.54) is 128 Å². The van der Waals surface area contributed by atoms with Gasteiger partial charge in [-0.1, -0.05) is 289 Å². The zero-order valence-electron chi connectivity index (χ0n) is 51.8. The van der Waals surface area contributed by atoms with E-state index in [9.17, 15) is 19.4 Å². The van der Waals surface area contributed by atoms with Gasteiger partial charge in [-0.05, 0) is 89.9 Å². The van der Waals surface area contributed by atoms with Gasteiger partial charge in [0.2, 0.25) is 5.91 Å². The number of aliphatic hydroxyl groups is 1. The average Bonchev–Trinajstić information content (AvgIpc) is 3.42. The molecule has 0 aromatic heterocycles. The number of nitrogens with zero attached hydrogens (tertiary/aromatic N) is 1. The van der Waals surface area contributed by atoms with Gasteiger partial charge in [0.1, 0.15) is 13.2 Å². The molecule has 9 heteroatoms. The third-order valence-corrected chi connectivity index (χ3v) is 15.0. The fraction of sp³-hybridized carbons (Fsp3) is 0.700. The Morgan fingerprint density at radius 2 is 0.759 bits per heavy atom. The van der Waals surface area contributed by atoms with Crippen molar-refractivity contribution in [1.29, 1.82) is 0 Å². The first-order valence-electron chi connectivity index (χ1n) is 32.4. The maximum Gasteiger partial charge on any atom is 0.472 e. The number of carbonyl (C=O) groups is 1. The maximum absolute atomic E-state index is 13.0. The first-order chi connectivity index (χ1) is 38.5. The van der Waals surface area contributed by atoms with Crippen molar-refractivity contribution in [1.82, 2.24) is 5.32 Å². The zero-order valence-corrected chi connectivity index (χ0v) is 52.7. The molecular formula is C70H124N2O6P+. The quantitative estimate of drug-likeness (QED) is 0.0243. The Morgan fingerprint density at radius 3 is 1.11 bits per heavy atom. The predicted octanol–water partition coefficient (Wildman–Crippen LogP) is 20.5. The number of likely N-dealkylation sites (N-methyl/N-ethyl adjacent to an activating group) is 1. The van der Waals surface area contributed by atoms with Crippen LogP contribution in [0.1, 0.15) is 264 Å². The van der Waals surface area contributed by atoms with Crippen LogP contribution in [0.2, 0.25) is 0 Å². The van der Waals surface area contributed by atoms with Gasteiger partial charge in [-0.3, -0.25) is 13.8 Å². The van der Waals surface area contributed by atoms with Crippen LogP contribution in [0.15, 0.2) is 122 Å². The fourth-order valence-corrected chi connectivity index (χ4v) is 9.69. The number of amides is 1. The van der Waals surface area contributed by atoms with E-state index in [1.54, 1.807) is 0 Å². The summed E-state index contributed by atoms with van der Waals surface area (Å²) in [5.74, 6) is -0.152. The lowest BCUT2D eigenvalue weighted by molar-refractivity contribution is -0.870. The molecule has 0 saturated heterocycles. The molecule has 79 heavy (non-hydrogen) atoms. The van der Waals surface area contributed by atoms with E-state index in [0.717, 1.165) is 109 Å². The lowest BCUT2D eigenvalue weighted by atomic mass is 10.0. The van der Waals surface area contributed by atoms with E-state index < -0.39 is 20.0 Å². The molecule has 3 atom stereocenters. The summed E-state index contributed by atoms with van der Waals surface area (Å²) in [6, 6.07) is -0.770. The normalized spacial score (nSPS) is 14.6. The molecule has 3 unspecified atom stereocenters. The number of phosphoric ester groups is 1. The number of rotatable bonds is 58. The largest absolute Gasteiger partial charge is 0.472 e. The Morgan fingerprint density at radius 1 is 0.443 bits per heavy atom. The van der Waals surface area contributed by atoms with Crippen molar-refractivity contribution in [2.45, 2.75) is 276 Å². The van der Waals surface area contributed by atoms with Crippen LogP contribution in [0.4, 0.5) is 0 Å². The summed E-state index contributed by atoms with van der Waals surface area (Å²) < 4.78 is 23.8. The summed E-state index contributed by atoms with van der Waals surface area (Å²) >= 11 is 0. The standard InChI is InChI=1S/C70H123N2O6P/c1-6-8-10-12-14-16-18-20-22-24-25-26-27-28-29-30-31-32-33-34-35-36-37-38-39-40-41-42-43-44-45-46-47-48-50-52-54-56-58-60-62-64-70(74)71-68(67-78-79(75,76)77-66-65-72(3,4)5)69(73)63-61-59-57-55-53-51-49-23-21-19-17-15-13-11-9-7-2/h8,10,14,16,20,22,25-26,28-29,31-32,34-35,37-38,40-41,43-44,68-69,73H,6-7,9,11-13,15,17-19,21,23-24,27,30,33,36,39,42,45-67H2,1-5H3,(H-,71,74,75,76)/p+1/b10-8-,16-14-,22-20-,26-25-,29-28-,32-31-,35-34-,38-37-,41-40-,44-43-. The van der Waals surface area contributed by atoms with Gasteiger partial charge < -0.3 is 19.8 Å². The molecule has 0 fully saturated rings. The van der Waals surface area contributed by atoms with Crippen LogP contribution in [0.3, 0.4) is 0 Å². The first kappa shape index (κ1) is 75.9. The molecule has 1 amide bonds. The molecule has 0 bridgehead atoms. The third kappa shape index (κ3) is 62.4. The molecular weight excluding hydrogens is 996 g/mol. The van der Waals surface area contributed by atoms with Gasteiger partial charge in [0.25, 0.3) is 0 Å². The Balaban J connectivity index is 4.07. The fourth-order valence-electron chi connectivity index (χ4n) is 8.96. The summed E-state index contributed by atoms with van der Waals surface area (Å²) in [6.45, 7) is 4.78. The SMILES string of the molecule is CC/C=C\C/C=C\C/C=C\C/C=C\C/C=C\C/C=C\C/C=C\C/C=C\C/C=C\C/C=C\CCCCCCCCCCCCC(=O)NC(COP(=O)(O)OCC[N+](C)(C)C)C(O)CCCCCCCCCCCCCCCCCC. The van der Waals surface area contributed by atoms with E-state index in [-0.39, 0.29) is 19.1 Å². The predicted molar refractivity (Wildman–Crippen MR) is 345 cm³/mol. The minimum atomic E-state index is -4.33. The van der Waals surface area contributed by atoms with Gasteiger partial charge in [-0.25, -0.2) is 4.57 Å². The highest BCUT2D eigenvalue weighted by atomic mass is 31.2. The second-order valence-corrected chi connectivity index (χ2v) is 24.2. The molecule has 8 nitrogen and oxygen atoms in total. The lowest BCUT2D eigenvalue weighted by Crippen LogP contribution is -2.46. The number of aliphatic hydroxyl groups excluding tert-OH is 1. The minimum Gasteiger partial charge on any atom is -0.391 e. The number of hydrogen-bond acceptors (Lipinski definition) is 5. The molecule has 3 N–H and O–H groups in total. The van der Waals surface area contributed by atoms with Crippen LogP contribution >= 0.6 is 7.82 Å². The van der Waals surface area contributed by atoms with Gasteiger partial charge in [-0.2, -0.15) is 0 Å². The number of nitrogens with one attached hydrogen (secondary N) is 1. The molecule has 0 saturated carbocycles. The molecule has 0 aromatic carbocycles. The van der Waals surface area contributed by atoms with Crippen LogP contribution in [-0.2, 0) is 18.4 Å². The molecule has 0 aliphatic carbocycles. The van der Waals surface area contributed by atoms with E-state index in [2.05, 4.69) is 141 Å². The van der Waals surface area contributed by atoms with Gasteiger partial charge in [-0.15, -0.1) is 0 Å². The number of hydrogen-bond donors (Lipinski definition) is 3. The van der Waals surface area contributed by atoms with Crippen molar-refractivity contribution in [3.8, 4) is 0 Å². The second-order valence-electron chi connectivity index (χ2n) is 22.8. The Kier molecular flexibility index (Phi) is 57.2. The minimum absolute atomic E-state index is 0.0692. The number of allylic oxidation sites excluding steroid dienone is 20. The highest BCUT2D eigenvalue weighted by molar-refractivity contribution is 7.47. The van der Waals surface area contributed by atoms with Crippen molar-refractivity contribution in [3.63, 3.8) is 0 Å². The van der Waals surface area contributed by atoms with E-state index in [1.807, 2.05) is 21.1 Å². The molecule has 0 spiro atoms. The smallest absolute Gasteiger partial charge is 0.391 e. The first-order valence-corrected chi connectivity index (χ1v) is 33.9. The van der Waals surface area contributed by atoms with Gasteiger partial charge in [0, 0.05) is 6.42 Å². The maximum atomic E-state index is 13.0. The average molecular weight is 1120 g/mol. The Labute approximate surface area is 488 Å². The van der Waals surface area contributed by atoms with Crippen molar-refractivity contribution >= 4 is 13.7 Å². The Bertz CT molecular complexity index is 1700. The van der Waals surface area contributed by atoms with E-state index in [0.29, 0.717) is 23.9 Å². The van der Waals surface area contributed by atoms with Crippen LogP contribution in [0.5, 0.6) is 0 Å². The molecule has 0 aliphatic rings. The zero-order chi connectivity index (χ0) is 57.7. The van der Waals surface area contributed by atoms with Gasteiger partial charge in [0.05, 0.1) is 39.9 Å². The highest BCUT2D eigenvalue weighted by Gasteiger charge is 2.28. The summed E-state index contributed by atoms with van der Waals surface area (Å²) in [7, 11) is 1.60. The van der Waals surface area contributed by atoms with E-state index in [4.69, 9.17) is 9.05 Å². The summed E-state index contributed by atoms with van der Waals surface area (Å²) in [5.41, 5.74) is 0. The van der Waals surface area contributed by atoms with Gasteiger partial charge in [0.15, 0.2) is 0 Å². The van der Waals surface area contributed by atoms with Crippen molar-refractivity contribution in [2.24, 2.45) is 0 Å². The summed E-state index contributed by atoms with van der Waals surface area (Å²) in [6.07, 6.45) is 88.4. The van der Waals surface area contributed by atoms with Crippen LogP contribution in [0.25, 0.3) is 0 Å². The van der Waals surface area contributed by atoms with Crippen LogP contribution < -0.4 is 5.32 Å².